The maximum atomic E-state index is 10.2. The lowest BCUT2D eigenvalue weighted by Gasteiger charge is -2.45. The molecule has 3 aliphatic heterocycles. The molecule has 0 aromatic rings. The van der Waals surface area contributed by atoms with Crippen molar-refractivity contribution in [2.75, 3.05) is 19.8 Å². The van der Waals surface area contributed by atoms with Crippen LogP contribution in [0.3, 0.4) is 0 Å². The second-order valence-electron chi connectivity index (χ2n) is 8.37. The van der Waals surface area contributed by atoms with Gasteiger partial charge in [-0.3, -0.25) is 0 Å². The van der Waals surface area contributed by atoms with Crippen LogP contribution in [-0.2, 0) is 23.7 Å². The highest BCUT2D eigenvalue weighted by Crippen LogP contribution is 2.29. The topological polar surface area (TPSA) is 269 Å². The fourth-order valence-corrected chi connectivity index (χ4v) is 3.94. The Labute approximate surface area is 192 Å². The molecule has 3 heterocycles. The Hall–Kier alpha value is -0.640. The van der Waals surface area contributed by atoms with Crippen molar-refractivity contribution in [2.24, 2.45) is 0 Å². The lowest BCUT2D eigenvalue weighted by molar-refractivity contribution is -0.367. The average molecular weight is 504 g/mol. The van der Waals surface area contributed by atoms with E-state index in [0.29, 0.717) is 0 Å². The lowest BCUT2D eigenvalue weighted by atomic mass is 9.97. The van der Waals surface area contributed by atoms with Crippen LogP contribution in [0.2, 0.25) is 0 Å². The van der Waals surface area contributed by atoms with Gasteiger partial charge in [0.05, 0.1) is 19.8 Å². The van der Waals surface area contributed by atoms with E-state index in [1.54, 1.807) is 0 Å². The highest BCUT2D eigenvalue weighted by molar-refractivity contribution is 4.94. The molecule has 0 amide bonds. The van der Waals surface area contributed by atoms with Crippen LogP contribution in [0.25, 0.3) is 0 Å². The first-order chi connectivity index (χ1) is 16.0. The number of aliphatic hydroxyl groups is 11. The second-order valence-corrected chi connectivity index (χ2v) is 8.37. The maximum absolute atomic E-state index is 10.2. The predicted molar refractivity (Wildman–Crippen MR) is 101 cm³/mol. The van der Waals surface area contributed by atoms with E-state index in [1.165, 1.54) is 0 Å². The molecule has 3 fully saturated rings. The third kappa shape index (κ3) is 5.52. The maximum Gasteiger partial charge on any atom is 0.187 e. The molecule has 0 saturated carbocycles. The standard InChI is InChI=1S/C18H32O16/c19-1-4-8(22)12(26)15(16(29)31-4)34-18-14(28)11(25)9(23)6(33-18)3-30-17-13(27)10(24)7(21)5(2-20)32-17/h4-29H,1-3H2/t4-,5-,6-,7-,8-,9-,10+,11+,12+,13+,14+,15+,16+,17+,18-/m1/s1. The van der Waals surface area contributed by atoms with Crippen molar-refractivity contribution in [1.82, 2.24) is 0 Å². The molecule has 0 bridgehead atoms. The van der Waals surface area contributed by atoms with Gasteiger partial charge >= 0.3 is 0 Å². The Morgan fingerprint density at radius 3 is 1.56 bits per heavy atom. The molecule has 200 valence electrons. The van der Waals surface area contributed by atoms with E-state index in [4.69, 9.17) is 28.8 Å². The summed E-state index contributed by atoms with van der Waals surface area (Å²) in [7, 11) is 0. The minimum absolute atomic E-state index is 0.616. The summed E-state index contributed by atoms with van der Waals surface area (Å²) in [6.07, 6.45) is -25.0. The minimum atomic E-state index is -1.88. The molecule has 0 aromatic heterocycles. The van der Waals surface area contributed by atoms with Crippen LogP contribution in [0, 0.1) is 0 Å². The molecule has 3 saturated heterocycles. The van der Waals surface area contributed by atoms with Gasteiger partial charge in [0, 0.05) is 0 Å². The van der Waals surface area contributed by atoms with Crippen LogP contribution < -0.4 is 0 Å². The summed E-state index contributed by atoms with van der Waals surface area (Å²) in [6, 6.07) is 0. The number of aliphatic hydroxyl groups excluding tert-OH is 11. The van der Waals surface area contributed by atoms with Gasteiger partial charge in [-0.05, 0) is 0 Å². The molecule has 3 rings (SSSR count). The van der Waals surface area contributed by atoms with Crippen LogP contribution >= 0.6 is 0 Å². The highest BCUT2D eigenvalue weighted by Gasteiger charge is 2.51. The van der Waals surface area contributed by atoms with E-state index < -0.39 is 112 Å². The van der Waals surface area contributed by atoms with E-state index in [9.17, 15) is 51.1 Å². The van der Waals surface area contributed by atoms with E-state index >= 15 is 0 Å². The van der Waals surface area contributed by atoms with Crippen molar-refractivity contribution in [3.63, 3.8) is 0 Å². The molecule has 3 aliphatic rings. The average Bonchev–Trinajstić information content (AvgIpc) is 2.82. The van der Waals surface area contributed by atoms with Gasteiger partial charge in [0.15, 0.2) is 18.9 Å². The number of rotatable bonds is 7. The van der Waals surface area contributed by atoms with Crippen LogP contribution in [0.15, 0.2) is 0 Å². The summed E-state index contributed by atoms with van der Waals surface area (Å²) < 4.78 is 26.1. The van der Waals surface area contributed by atoms with Crippen molar-refractivity contribution in [3.05, 3.63) is 0 Å². The van der Waals surface area contributed by atoms with Crippen LogP contribution in [-0.4, -0.2) is 168 Å². The summed E-state index contributed by atoms with van der Waals surface area (Å²) in [5.74, 6) is 0. The van der Waals surface area contributed by atoms with Crippen LogP contribution in [0.5, 0.6) is 0 Å². The summed E-state index contributed by atoms with van der Waals surface area (Å²) in [5, 5.41) is 109. The third-order valence-electron chi connectivity index (χ3n) is 6.08. The zero-order valence-corrected chi connectivity index (χ0v) is 17.7. The normalized spacial score (nSPS) is 52.5. The molecular formula is C18H32O16. The Bertz CT molecular complexity index is 639. The molecule has 0 aromatic carbocycles. The third-order valence-corrected chi connectivity index (χ3v) is 6.08. The van der Waals surface area contributed by atoms with Gasteiger partial charge in [-0.25, -0.2) is 0 Å². The van der Waals surface area contributed by atoms with Crippen molar-refractivity contribution in [3.8, 4) is 0 Å². The Morgan fingerprint density at radius 2 is 0.971 bits per heavy atom. The largest absolute Gasteiger partial charge is 0.394 e. The molecule has 16 nitrogen and oxygen atoms in total. The molecule has 0 spiro atoms. The first-order valence-electron chi connectivity index (χ1n) is 10.6. The number of hydrogen-bond acceptors (Lipinski definition) is 16. The Balaban J connectivity index is 1.64. The summed E-state index contributed by atoms with van der Waals surface area (Å²) in [6.45, 7) is -2.03. The van der Waals surface area contributed by atoms with E-state index in [2.05, 4.69) is 0 Å². The van der Waals surface area contributed by atoms with Crippen molar-refractivity contribution < 1.29 is 79.9 Å². The van der Waals surface area contributed by atoms with Gasteiger partial charge < -0.3 is 79.9 Å². The first-order valence-corrected chi connectivity index (χ1v) is 10.6. The minimum Gasteiger partial charge on any atom is -0.394 e. The van der Waals surface area contributed by atoms with Crippen molar-refractivity contribution in [1.29, 1.82) is 0 Å². The fraction of sp³-hybridized carbons (Fsp3) is 1.00. The first kappa shape index (κ1) is 27.9. The lowest BCUT2D eigenvalue weighted by Crippen LogP contribution is -2.64. The van der Waals surface area contributed by atoms with Gasteiger partial charge in [-0.2, -0.15) is 0 Å². The van der Waals surface area contributed by atoms with Gasteiger partial charge in [-0.1, -0.05) is 0 Å². The number of hydrogen-bond donors (Lipinski definition) is 11. The quantitative estimate of drug-likeness (QED) is 0.154. The highest BCUT2D eigenvalue weighted by atomic mass is 16.7. The van der Waals surface area contributed by atoms with Gasteiger partial charge in [0.2, 0.25) is 0 Å². The van der Waals surface area contributed by atoms with E-state index in [0.717, 1.165) is 0 Å². The van der Waals surface area contributed by atoms with Gasteiger partial charge in [0.1, 0.15) is 73.2 Å². The van der Waals surface area contributed by atoms with Crippen LogP contribution in [0.1, 0.15) is 0 Å². The zero-order valence-electron chi connectivity index (χ0n) is 17.7. The Kier molecular flexibility index (Phi) is 9.54. The summed E-state index contributed by atoms with van der Waals surface area (Å²) in [4.78, 5) is 0. The van der Waals surface area contributed by atoms with Crippen molar-refractivity contribution >= 4 is 0 Å². The molecular weight excluding hydrogens is 472 g/mol. The fourth-order valence-electron chi connectivity index (χ4n) is 3.94. The van der Waals surface area contributed by atoms with Gasteiger partial charge in [0.25, 0.3) is 0 Å². The summed E-state index contributed by atoms with van der Waals surface area (Å²) >= 11 is 0. The van der Waals surface area contributed by atoms with Crippen LogP contribution in [0.4, 0.5) is 0 Å². The van der Waals surface area contributed by atoms with Crippen molar-refractivity contribution in [2.45, 2.75) is 92.1 Å². The molecule has 0 aliphatic carbocycles. The molecule has 16 heteroatoms. The number of ether oxygens (including phenoxy) is 5. The van der Waals surface area contributed by atoms with Gasteiger partial charge in [-0.15, -0.1) is 0 Å². The molecule has 11 N–H and O–H groups in total. The molecule has 15 atom stereocenters. The SMILES string of the molecule is OC[C@H]1O[C@H](OC[C@H]2O[C@H](O[C@H]3[C@@H](O)[C@H](O)[C@@H](CO)O[C@@H]3O)[C@@H](O)[C@@H](O)[C@@H]2O)[C@@H](O)[C@@H](O)[C@@H]1O. The zero-order chi connectivity index (χ0) is 25.3. The molecule has 0 unspecified atom stereocenters. The van der Waals surface area contributed by atoms with E-state index in [-0.39, 0.29) is 0 Å². The smallest absolute Gasteiger partial charge is 0.187 e. The summed E-state index contributed by atoms with van der Waals surface area (Å²) in [5.41, 5.74) is 0. The second kappa shape index (κ2) is 11.6. The Morgan fingerprint density at radius 1 is 0.500 bits per heavy atom. The van der Waals surface area contributed by atoms with E-state index in [1.807, 2.05) is 0 Å². The predicted octanol–water partition coefficient (Wildman–Crippen LogP) is -7.57. The monoisotopic (exact) mass is 504 g/mol. The molecule has 34 heavy (non-hydrogen) atoms. The molecule has 0 radical (unpaired) electrons.